The SMILES string of the molecule is O=C(N/C(C=C1CCN(c2ccccc2CN2CCCCC2=O)CC1)=C\c1ccc(Cl)cc1)c1cc(=O)c2cc(OC(F)(F)C(F)(F)F)ccc2o1. The Labute approximate surface area is 300 Å². The Bertz CT molecular complexity index is 2090. The van der Waals surface area contributed by atoms with Gasteiger partial charge in [-0.25, -0.2) is 0 Å². The van der Waals surface area contributed by atoms with Gasteiger partial charge in [-0.05, 0) is 85.4 Å². The fourth-order valence-electron chi connectivity index (χ4n) is 6.15. The summed E-state index contributed by atoms with van der Waals surface area (Å²) >= 11 is 6.07. The van der Waals surface area contributed by atoms with E-state index in [0.29, 0.717) is 55.7 Å². The average molecular weight is 742 g/mol. The van der Waals surface area contributed by atoms with Gasteiger partial charge in [-0.1, -0.05) is 47.5 Å². The Morgan fingerprint density at radius 3 is 2.35 bits per heavy atom. The van der Waals surface area contributed by atoms with E-state index in [1.165, 1.54) is 0 Å². The molecule has 4 aromatic rings. The molecule has 1 aromatic heterocycles. The molecule has 8 nitrogen and oxygen atoms in total. The van der Waals surface area contributed by atoms with Gasteiger partial charge in [-0.15, -0.1) is 0 Å². The fraction of sp³-hybridized carbons (Fsp3) is 0.289. The number of piperidine rings is 2. The topological polar surface area (TPSA) is 92.1 Å². The van der Waals surface area contributed by atoms with Gasteiger partial charge in [0, 0.05) is 55.1 Å². The lowest BCUT2D eigenvalue weighted by Gasteiger charge is -2.34. The van der Waals surface area contributed by atoms with Gasteiger partial charge in [0.05, 0.1) is 5.39 Å². The first kappa shape index (κ1) is 36.6. The standard InChI is InChI=1S/C38H33ClF5N3O5/c39-27-10-8-24(9-11-27)19-28(20-25-14-17-46(18-15-25)31-6-2-1-5-26(31)23-47-16-4-3-7-35(47)49)45-36(50)34-22-32(48)30-21-29(12-13-33(30)51-34)52-38(43,44)37(40,41)42/h1-2,5-6,8-13,19-22H,3-4,7,14-18,23H2,(H,45,50)/b28-19-. The van der Waals surface area contributed by atoms with Crippen LogP contribution in [-0.2, 0) is 11.3 Å². The van der Waals surface area contributed by atoms with E-state index in [2.05, 4.69) is 27.1 Å². The van der Waals surface area contributed by atoms with Gasteiger partial charge in [0.15, 0.2) is 11.2 Å². The molecular weight excluding hydrogens is 709 g/mol. The van der Waals surface area contributed by atoms with E-state index in [-0.39, 0.29) is 16.9 Å². The van der Waals surface area contributed by atoms with Gasteiger partial charge in [-0.3, -0.25) is 14.4 Å². The second-order valence-corrected chi connectivity index (χ2v) is 13.0. The fourth-order valence-corrected chi connectivity index (χ4v) is 6.27. The molecule has 0 spiro atoms. The number of alkyl halides is 5. The second-order valence-electron chi connectivity index (χ2n) is 12.5. The van der Waals surface area contributed by atoms with Crippen molar-refractivity contribution in [3.05, 3.63) is 122 Å². The highest BCUT2D eigenvalue weighted by atomic mass is 35.5. The quantitative estimate of drug-likeness (QED) is 0.173. The summed E-state index contributed by atoms with van der Waals surface area (Å²) < 4.78 is 74.1. The summed E-state index contributed by atoms with van der Waals surface area (Å²) in [5.41, 5.74) is 3.23. The number of allylic oxidation sites excluding steroid dienone is 1. The highest BCUT2D eigenvalue weighted by Crippen LogP contribution is 2.38. The van der Waals surface area contributed by atoms with Crippen LogP contribution in [0.3, 0.4) is 0 Å². The molecule has 2 saturated heterocycles. The van der Waals surface area contributed by atoms with Crippen LogP contribution in [0, 0.1) is 0 Å². The summed E-state index contributed by atoms with van der Waals surface area (Å²) in [4.78, 5) is 43.0. The minimum Gasteiger partial charge on any atom is -0.451 e. The normalized spacial score (nSPS) is 15.9. The molecule has 2 aliphatic heterocycles. The second kappa shape index (κ2) is 15.2. The van der Waals surface area contributed by atoms with Crippen LogP contribution in [0.25, 0.3) is 17.0 Å². The molecule has 6 rings (SSSR count). The van der Waals surface area contributed by atoms with Gasteiger partial charge in [-0.2, -0.15) is 22.0 Å². The van der Waals surface area contributed by atoms with E-state index in [9.17, 15) is 36.3 Å². The number of fused-ring (bicyclic) bond motifs is 1. The monoisotopic (exact) mass is 741 g/mol. The zero-order valence-electron chi connectivity index (χ0n) is 27.7. The summed E-state index contributed by atoms with van der Waals surface area (Å²) in [7, 11) is 0. The van der Waals surface area contributed by atoms with Crippen molar-refractivity contribution in [1.82, 2.24) is 10.2 Å². The van der Waals surface area contributed by atoms with E-state index in [0.717, 1.165) is 60.0 Å². The van der Waals surface area contributed by atoms with Crippen molar-refractivity contribution in [3.63, 3.8) is 0 Å². The molecule has 0 radical (unpaired) electrons. The molecule has 2 aliphatic rings. The molecule has 272 valence electrons. The van der Waals surface area contributed by atoms with Gasteiger partial charge in [0.25, 0.3) is 5.91 Å². The molecule has 2 fully saturated rings. The van der Waals surface area contributed by atoms with Crippen LogP contribution in [0.15, 0.2) is 99.4 Å². The van der Waals surface area contributed by atoms with Crippen LogP contribution in [-0.4, -0.2) is 48.6 Å². The van der Waals surface area contributed by atoms with Gasteiger partial charge in [0.1, 0.15) is 11.3 Å². The van der Waals surface area contributed by atoms with Gasteiger partial charge < -0.3 is 24.3 Å². The first-order chi connectivity index (χ1) is 24.8. The number of halogens is 6. The number of hydrogen-bond donors (Lipinski definition) is 1. The number of likely N-dealkylation sites (tertiary alicyclic amines) is 1. The number of nitrogens with zero attached hydrogens (tertiary/aromatic N) is 2. The number of nitrogens with one attached hydrogen (secondary N) is 1. The van der Waals surface area contributed by atoms with E-state index in [1.807, 2.05) is 23.1 Å². The summed E-state index contributed by atoms with van der Waals surface area (Å²) in [6, 6.07) is 18.2. The number of para-hydroxylation sites is 1. The lowest BCUT2D eigenvalue weighted by molar-refractivity contribution is -0.360. The summed E-state index contributed by atoms with van der Waals surface area (Å²) in [6.45, 7) is 2.69. The number of carbonyl (C=O) groups excluding carboxylic acids is 2. The molecule has 0 aliphatic carbocycles. The smallest absolute Gasteiger partial charge is 0.451 e. The lowest BCUT2D eigenvalue weighted by Crippen LogP contribution is -2.41. The van der Waals surface area contributed by atoms with Crippen LogP contribution in [0.4, 0.5) is 27.6 Å². The summed E-state index contributed by atoms with van der Waals surface area (Å²) in [5, 5.41) is 2.94. The number of anilines is 1. The molecule has 0 bridgehead atoms. The van der Waals surface area contributed by atoms with Crippen molar-refractivity contribution in [3.8, 4) is 5.75 Å². The first-order valence-electron chi connectivity index (χ1n) is 16.6. The third-order valence-corrected chi connectivity index (χ3v) is 9.08. The third kappa shape index (κ3) is 8.64. The maximum Gasteiger partial charge on any atom is 0.499 e. The molecule has 0 saturated carbocycles. The van der Waals surface area contributed by atoms with Crippen molar-refractivity contribution < 1.29 is 40.7 Å². The minimum absolute atomic E-state index is 0.172. The molecule has 3 aromatic carbocycles. The third-order valence-electron chi connectivity index (χ3n) is 8.83. The van der Waals surface area contributed by atoms with E-state index < -0.39 is 35.1 Å². The van der Waals surface area contributed by atoms with Crippen LogP contribution < -0.4 is 20.4 Å². The Balaban J connectivity index is 1.20. The van der Waals surface area contributed by atoms with Gasteiger partial charge >= 0.3 is 12.3 Å². The molecule has 14 heteroatoms. The maximum atomic E-state index is 13.4. The molecule has 1 N–H and O–H groups in total. The van der Waals surface area contributed by atoms with Crippen LogP contribution in [0.1, 0.15) is 53.8 Å². The number of hydrogen-bond acceptors (Lipinski definition) is 6. The Kier molecular flexibility index (Phi) is 10.7. The number of benzene rings is 3. The van der Waals surface area contributed by atoms with Crippen molar-refractivity contribution in [2.75, 3.05) is 24.5 Å². The van der Waals surface area contributed by atoms with Crippen LogP contribution in [0.5, 0.6) is 5.75 Å². The molecule has 0 atom stereocenters. The van der Waals surface area contributed by atoms with Crippen molar-refractivity contribution >= 4 is 46.1 Å². The largest absolute Gasteiger partial charge is 0.499 e. The number of amides is 2. The lowest BCUT2D eigenvalue weighted by atomic mass is 10.00. The average Bonchev–Trinajstić information content (AvgIpc) is 3.10. The number of carbonyl (C=O) groups is 2. The first-order valence-corrected chi connectivity index (χ1v) is 16.9. The summed E-state index contributed by atoms with van der Waals surface area (Å²) in [5.74, 6) is -1.94. The van der Waals surface area contributed by atoms with Crippen LogP contribution >= 0.6 is 11.6 Å². The Morgan fingerprint density at radius 1 is 0.904 bits per heavy atom. The maximum absolute atomic E-state index is 13.4. The highest BCUT2D eigenvalue weighted by Gasteiger charge is 2.61. The number of ether oxygens (including phenoxy) is 1. The predicted octanol–water partition coefficient (Wildman–Crippen LogP) is 8.49. The molecular formula is C38H33ClF5N3O5. The highest BCUT2D eigenvalue weighted by molar-refractivity contribution is 6.30. The van der Waals surface area contributed by atoms with Crippen molar-refractivity contribution in [2.45, 2.75) is 50.9 Å². The molecule has 0 unspecified atom stereocenters. The van der Waals surface area contributed by atoms with Crippen molar-refractivity contribution in [1.29, 1.82) is 0 Å². The van der Waals surface area contributed by atoms with Crippen molar-refractivity contribution in [2.24, 2.45) is 0 Å². The molecule has 52 heavy (non-hydrogen) atoms. The van der Waals surface area contributed by atoms with E-state index in [4.69, 9.17) is 16.0 Å². The predicted molar refractivity (Wildman–Crippen MR) is 186 cm³/mol. The Morgan fingerprint density at radius 2 is 1.63 bits per heavy atom. The molecule has 3 heterocycles. The zero-order chi connectivity index (χ0) is 37.0. The van der Waals surface area contributed by atoms with Gasteiger partial charge in [0.2, 0.25) is 5.91 Å². The van der Waals surface area contributed by atoms with E-state index >= 15 is 0 Å². The van der Waals surface area contributed by atoms with E-state index in [1.54, 1.807) is 30.3 Å². The summed E-state index contributed by atoms with van der Waals surface area (Å²) in [6.07, 6.45) is -4.05. The van der Waals surface area contributed by atoms with Crippen LogP contribution in [0.2, 0.25) is 5.02 Å². The minimum atomic E-state index is -5.97. The number of rotatable bonds is 9. The zero-order valence-corrected chi connectivity index (χ0v) is 28.4. The molecule has 2 amide bonds. The Hall–Kier alpha value is -5.17.